The second kappa shape index (κ2) is 10.7. The van der Waals surface area contributed by atoms with Gasteiger partial charge in [0.2, 0.25) is 11.1 Å². The highest BCUT2D eigenvalue weighted by Crippen LogP contribution is 2.31. The van der Waals surface area contributed by atoms with Crippen LogP contribution in [0.25, 0.3) is 22.5 Å². The predicted octanol–water partition coefficient (Wildman–Crippen LogP) is 6.33. The Morgan fingerprint density at radius 2 is 1.48 bits per heavy atom. The SMILES string of the molecule is N#Cc1ccccc1NC(=O)CSc1nnc(-c2ccc(Br)cc2)c(-c2ccc(Br)cc2)n1. The third-order valence-electron chi connectivity index (χ3n) is 4.56. The Morgan fingerprint density at radius 3 is 2.12 bits per heavy atom. The molecular weight excluding hydrogens is 566 g/mol. The number of para-hydroxylation sites is 1. The van der Waals surface area contributed by atoms with Crippen LogP contribution in [0.3, 0.4) is 0 Å². The molecule has 162 valence electrons. The first-order chi connectivity index (χ1) is 16.0. The topological polar surface area (TPSA) is 91.6 Å². The smallest absolute Gasteiger partial charge is 0.234 e. The van der Waals surface area contributed by atoms with Gasteiger partial charge in [0.1, 0.15) is 17.5 Å². The number of halogens is 2. The fourth-order valence-corrected chi connectivity index (χ4v) is 4.10. The normalized spacial score (nSPS) is 10.5. The van der Waals surface area contributed by atoms with Crippen LogP contribution in [0.2, 0.25) is 0 Å². The van der Waals surface area contributed by atoms with Gasteiger partial charge < -0.3 is 5.32 Å². The largest absolute Gasteiger partial charge is 0.324 e. The van der Waals surface area contributed by atoms with Crippen LogP contribution in [-0.4, -0.2) is 26.8 Å². The fraction of sp³-hybridized carbons (Fsp3) is 0.0417. The van der Waals surface area contributed by atoms with E-state index < -0.39 is 0 Å². The van der Waals surface area contributed by atoms with Gasteiger partial charge in [-0.15, -0.1) is 10.2 Å². The molecule has 0 spiro atoms. The Hall–Kier alpha value is -3.06. The first-order valence-electron chi connectivity index (χ1n) is 9.72. The lowest BCUT2D eigenvalue weighted by molar-refractivity contribution is -0.113. The van der Waals surface area contributed by atoms with Gasteiger partial charge >= 0.3 is 0 Å². The highest BCUT2D eigenvalue weighted by molar-refractivity contribution is 9.10. The van der Waals surface area contributed by atoms with Crippen molar-refractivity contribution in [1.82, 2.24) is 15.2 Å². The van der Waals surface area contributed by atoms with Gasteiger partial charge in [-0.1, -0.05) is 80.0 Å². The molecule has 9 heteroatoms. The zero-order valence-corrected chi connectivity index (χ0v) is 21.0. The van der Waals surface area contributed by atoms with E-state index in [0.29, 0.717) is 27.8 Å². The molecule has 3 aromatic carbocycles. The highest BCUT2D eigenvalue weighted by Gasteiger charge is 2.15. The molecule has 1 aromatic heterocycles. The van der Waals surface area contributed by atoms with E-state index in [4.69, 9.17) is 4.98 Å². The molecule has 0 aliphatic rings. The minimum Gasteiger partial charge on any atom is -0.324 e. The number of nitrogens with one attached hydrogen (secondary N) is 1. The van der Waals surface area contributed by atoms with Crippen molar-refractivity contribution in [2.24, 2.45) is 0 Å². The zero-order valence-electron chi connectivity index (χ0n) is 17.0. The summed E-state index contributed by atoms with van der Waals surface area (Å²) >= 11 is 8.09. The number of nitrogens with zero attached hydrogens (tertiary/aromatic N) is 4. The quantitative estimate of drug-likeness (QED) is 0.268. The van der Waals surface area contributed by atoms with Crippen LogP contribution in [0.4, 0.5) is 5.69 Å². The van der Waals surface area contributed by atoms with Gasteiger partial charge in [0.25, 0.3) is 0 Å². The number of hydrogen-bond acceptors (Lipinski definition) is 6. The second-order valence-corrected chi connectivity index (χ2v) is 9.57. The van der Waals surface area contributed by atoms with Gasteiger partial charge in [-0.05, 0) is 36.4 Å². The molecule has 1 amide bonds. The number of carbonyl (C=O) groups is 1. The lowest BCUT2D eigenvalue weighted by Crippen LogP contribution is -2.15. The predicted molar refractivity (Wildman–Crippen MR) is 137 cm³/mol. The maximum absolute atomic E-state index is 12.4. The van der Waals surface area contributed by atoms with Crippen LogP contribution in [0.5, 0.6) is 0 Å². The van der Waals surface area contributed by atoms with Crippen molar-refractivity contribution in [2.75, 3.05) is 11.1 Å². The molecule has 33 heavy (non-hydrogen) atoms. The molecule has 0 aliphatic heterocycles. The molecule has 0 saturated carbocycles. The molecule has 1 N–H and O–H groups in total. The number of rotatable bonds is 6. The third kappa shape index (κ3) is 5.85. The number of anilines is 1. The summed E-state index contributed by atoms with van der Waals surface area (Å²) < 4.78 is 1.93. The molecule has 0 aliphatic carbocycles. The van der Waals surface area contributed by atoms with Crippen LogP contribution in [0.1, 0.15) is 5.56 Å². The van der Waals surface area contributed by atoms with Crippen LogP contribution in [0, 0.1) is 11.3 Å². The molecule has 1 heterocycles. The molecule has 0 fully saturated rings. The van der Waals surface area contributed by atoms with E-state index >= 15 is 0 Å². The van der Waals surface area contributed by atoms with Crippen molar-refractivity contribution in [2.45, 2.75) is 5.16 Å². The standard InChI is InChI=1S/C24H15Br2N5OS/c25-18-9-5-15(6-10-18)22-23(16-7-11-19(26)12-8-16)30-31-24(29-22)33-14-21(32)28-20-4-2-1-3-17(20)13-27/h1-12H,14H2,(H,28,32). The van der Waals surface area contributed by atoms with E-state index in [1.54, 1.807) is 24.3 Å². The van der Waals surface area contributed by atoms with Crippen molar-refractivity contribution in [3.05, 3.63) is 87.3 Å². The summed E-state index contributed by atoms with van der Waals surface area (Å²) in [5, 5.41) is 21.0. The van der Waals surface area contributed by atoms with Gasteiger partial charge in [-0.25, -0.2) is 4.98 Å². The van der Waals surface area contributed by atoms with Crippen molar-refractivity contribution in [3.63, 3.8) is 0 Å². The molecule has 4 aromatic rings. The first kappa shape index (κ1) is 23.1. The second-order valence-electron chi connectivity index (χ2n) is 6.80. The number of nitriles is 1. The van der Waals surface area contributed by atoms with Gasteiger partial charge in [-0.2, -0.15) is 5.26 Å². The Kier molecular flexibility index (Phi) is 7.50. The molecule has 0 radical (unpaired) electrons. The van der Waals surface area contributed by atoms with E-state index in [0.717, 1.165) is 20.1 Å². The molecule has 0 bridgehead atoms. The van der Waals surface area contributed by atoms with Gasteiger partial charge in [-0.3, -0.25) is 4.79 Å². The minimum absolute atomic E-state index is 0.0822. The van der Waals surface area contributed by atoms with Crippen molar-refractivity contribution in [1.29, 1.82) is 5.26 Å². The summed E-state index contributed by atoms with van der Waals surface area (Å²) in [5.41, 5.74) is 3.99. The summed E-state index contributed by atoms with van der Waals surface area (Å²) in [6.45, 7) is 0. The number of amides is 1. The average molecular weight is 581 g/mol. The minimum atomic E-state index is -0.256. The van der Waals surface area contributed by atoms with Crippen LogP contribution in [0.15, 0.2) is 86.9 Å². The Balaban J connectivity index is 1.58. The first-order valence-corrected chi connectivity index (χ1v) is 12.3. The van der Waals surface area contributed by atoms with E-state index in [-0.39, 0.29) is 11.7 Å². The maximum atomic E-state index is 12.4. The number of aromatic nitrogens is 3. The number of hydrogen-bond donors (Lipinski definition) is 1. The van der Waals surface area contributed by atoms with Crippen LogP contribution >= 0.6 is 43.6 Å². The Morgan fingerprint density at radius 1 is 0.879 bits per heavy atom. The zero-order chi connectivity index (χ0) is 23.2. The van der Waals surface area contributed by atoms with E-state index in [1.807, 2.05) is 48.5 Å². The van der Waals surface area contributed by atoms with E-state index in [2.05, 4.69) is 53.4 Å². The van der Waals surface area contributed by atoms with Gasteiger partial charge in [0, 0.05) is 20.1 Å². The molecular formula is C24H15Br2N5OS. The molecule has 4 rings (SSSR count). The molecule has 0 saturated heterocycles. The van der Waals surface area contributed by atoms with Crippen LogP contribution in [-0.2, 0) is 4.79 Å². The average Bonchev–Trinajstić information content (AvgIpc) is 2.84. The van der Waals surface area contributed by atoms with E-state index in [1.165, 1.54) is 11.8 Å². The Bertz CT molecular complexity index is 1340. The molecule has 6 nitrogen and oxygen atoms in total. The third-order valence-corrected chi connectivity index (χ3v) is 6.45. The monoisotopic (exact) mass is 579 g/mol. The lowest BCUT2D eigenvalue weighted by Gasteiger charge is -2.10. The Labute approximate surface area is 211 Å². The van der Waals surface area contributed by atoms with Crippen molar-refractivity contribution in [3.8, 4) is 28.6 Å². The maximum Gasteiger partial charge on any atom is 0.234 e. The summed E-state index contributed by atoms with van der Waals surface area (Å²) in [6, 6.07) is 24.5. The van der Waals surface area contributed by atoms with Gasteiger partial charge in [0.15, 0.2) is 0 Å². The molecule has 0 unspecified atom stereocenters. The highest BCUT2D eigenvalue weighted by atomic mass is 79.9. The summed E-state index contributed by atoms with van der Waals surface area (Å²) in [5.74, 6) is -0.174. The summed E-state index contributed by atoms with van der Waals surface area (Å²) in [6.07, 6.45) is 0. The van der Waals surface area contributed by atoms with Crippen molar-refractivity contribution >= 4 is 55.2 Å². The molecule has 0 atom stereocenters. The van der Waals surface area contributed by atoms with E-state index in [9.17, 15) is 10.1 Å². The fourth-order valence-electron chi connectivity index (χ4n) is 2.99. The number of thioether (sulfide) groups is 1. The van der Waals surface area contributed by atoms with Crippen molar-refractivity contribution < 1.29 is 4.79 Å². The summed E-state index contributed by atoms with van der Waals surface area (Å²) in [4.78, 5) is 17.2. The lowest BCUT2D eigenvalue weighted by atomic mass is 10.0. The number of benzene rings is 3. The van der Waals surface area contributed by atoms with Crippen LogP contribution < -0.4 is 5.32 Å². The number of carbonyl (C=O) groups excluding carboxylic acids is 1. The summed E-state index contributed by atoms with van der Waals surface area (Å²) in [7, 11) is 0. The van der Waals surface area contributed by atoms with Gasteiger partial charge in [0.05, 0.1) is 17.0 Å².